The fourth-order valence-corrected chi connectivity index (χ4v) is 2.76. The number of carbonyl (C=O) groups excluding carboxylic acids is 1. The topological polar surface area (TPSA) is 59.8 Å². The molecule has 0 fully saturated rings. The van der Waals surface area contributed by atoms with Crippen LogP contribution in [0.2, 0.25) is 0 Å². The van der Waals surface area contributed by atoms with Crippen molar-refractivity contribution in [2.24, 2.45) is 0 Å². The summed E-state index contributed by atoms with van der Waals surface area (Å²) < 4.78 is 1.93. The van der Waals surface area contributed by atoms with Crippen molar-refractivity contribution in [2.75, 3.05) is 5.32 Å². The number of fused-ring (bicyclic) bond motifs is 1. The number of rotatable bonds is 3. The summed E-state index contributed by atoms with van der Waals surface area (Å²) in [4.78, 5) is 16.7. The Morgan fingerprint density at radius 1 is 1.43 bits per heavy atom. The van der Waals surface area contributed by atoms with E-state index in [0.29, 0.717) is 5.92 Å². The highest BCUT2D eigenvalue weighted by molar-refractivity contribution is 5.95. The van der Waals surface area contributed by atoms with Crippen LogP contribution in [0.1, 0.15) is 49.8 Å². The highest BCUT2D eigenvalue weighted by atomic mass is 16.1. The minimum Gasteiger partial charge on any atom is -0.324 e. The molecule has 3 heterocycles. The molecule has 3 rings (SSSR count). The second kappa shape index (κ2) is 5.68. The van der Waals surface area contributed by atoms with E-state index in [1.807, 2.05) is 23.0 Å². The average molecular weight is 284 g/mol. The SMILES string of the molecule is CC(C)c1cncc(NC(=O)C2CCCn3nccc32)c1. The van der Waals surface area contributed by atoms with Gasteiger partial charge >= 0.3 is 0 Å². The van der Waals surface area contributed by atoms with Crippen LogP contribution in [0.3, 0.4) is 0 Å². The van der Waals surface area contributed by atoms with Crippen molar-refractivity contribution in [3.8, 4) is 0 Å². The lowest BCUT2D eigenvalue weighted by molar-refractivity contribution is -0.118. The van der Waals surface area contributed by atoms with Crippen molar-refractivity contribution in [1.82, 2.24) is 14.8 Å². The van der Waals surface area contributed by atoms with Crippen molar-refractivity contribution in [2.45, 2.75) is 45.1 Å². The van der Waals surface area contributed by atoms with E-state index in [0.717, 1.165) is 36.3 Å². The van der Waals surface area contributed by atoms with Crippen LogP contribution in [-0.2, 0) is 11.3 Å². The Morgan fingerprint density at radius 2 is 2.29 bits per heavy atom. The van der Waals surface area contributed by atoms with Gasteiger partial charge in [0.05, 0.1) is 23.5 Å². The maximum atomic E-state index is 12.5. The second-order valence-corrected chi connectivity index (χ2v) is 5.82. The Labute approximate surface area is 124 Å². The van der Waals surface area contributed by atoms with Crippen molar-refractivity contribution in [3.63, 3.8) is 0 Å². The van der Waals surface area contributed by atoms with Crippen molar-refractivity contribution < 1.29 is 4.79 Å². The number of hydrogen-bond donors (Lipinski definition) is 1. The Balaban J connectivity index is 1.77. The summed E-state index contributed by atoms with van der Waals surface area (Å²) in [6.07, 6.45) is 7.16. The fourth-order valence-electron chi connectivity index (χ4n) is 2.76. The normalized spacial score (nSPS) is 17.6. The molecule has 2 aromatic heterocycles. The van der Waals surface area contributed by atoms with Gasteiger partial charge in [0.1, 0.15) is 0 Å². The molecule has 1 amide bonds. The van der Waals surface area contributed by atoms with E-state index in [9.17, 15) is 4.79 Å². The summed E-state index contributed by atoms with van der Waals surface area (Å²) in [7, 11) is 0. The van der Waals surface area contributed by atoms with Gasteiger partial charge in [-0.05, 0) is 36.5 Å². The summed E-state index contributed by atoms with van der Waals surface area (Å²) in [5.41, 5.74) is 2.90. The van der Waals surface area contributed by atoms with Crippen LogP contribution in [0.5, 0.6) is 0 Å². The zero-order valence-corrected chi connectivity index (χ0v) is 12.4. The molecule has 1 aliphatic heterocycles. The molecule has 21 heavy (non-hydrogen) atoms. The van der Waals surface area contributed by atoms with Crippen LogP contribution in [0.25, 0.3) is 0 Å². The molecule has 1 N–H and O–H groups in total. The first kappa shape index (κ1) is 13.8. The molecule has 0 bridgehead atoms. The second-order valence-electron chi connectivity index (χ2n) is 5.82. The average Bonchev–Trinajstić information content (AvgIpc) is 2.95. The number of aryl methyl sites for hydroxylation is 1. The van der Waals surface area contributed by atoms with Gasteiger partial charge in [-0.25, -0.2) is 0 Å². The molecule has 0 saturated heterocycles. The number of pyridine rings is 1. The third-order valence-electron chi connectivity index (χ3n) is 3.98. The lowest BCUT2D eigenvalue weighted by Crippen LogP contribution is -2.27. The first-order chi connectivity index (χ1) is 10.1. The molecule has 0 saturated carbocycles. The minimum atomic E-state index is -0.121. The van der Waals surface area contributed by atoms with E-state index < -0.39 is 0 Å². The van der Waals surface area contributed by atoms with Gasteiger partial charge in [-0.1, -0.05) is 13.8 Å². The van der Waals surface area contributed by atoms with Crippen molar-refractivity contribution in [3.05, 3.63) is 42.0 Å². The number of nitrogens with one attached hydrogen (secondary N) is 1. The zero-order chi connectivity index (χ0) is 14.8. The summed E-state index contributed by atoms with van der Waals surface area (Å²) in [6.45, 7) is 5.13. The molecule has 1 unspecified atom stereocenters. The molecule has 110 valence electrons. The van der Waals surface area contributed by atoms with Crippen LogP contribution in [0, 0.1) is 0 Å². The molecule has 1 atom stereocenters. The third kappa shape index (κ3) is 2.82. The molecule has 5 heteroatoms. The number of nitrogens with zero attached hydrogens (tertiary/aromatic N) is 3. The number of hydrogen-bond acceptors (Lipinski definition) is 3. The van der Waals surface area contributed by atoms with Gasteiger partial charge in [0, 0.05) is 18.9 Å². The maximum Gasteiger partial charge on any atom is 0.233 e. The summed E-state index contributed by atoms with van der Waals surface area (Å²) in [5.74, 6) is 0.300. The van der Waals surface area contributed by atoms with Crippen molar-refractivity contribution in [1.29, 1.82) is 0 Å². The van der Waals surface area contributed by atoms with Gasteiger partial charge in [-0.3, -0.25) is 14.5 Å². The first-order valence-electron chi connectivity index (χ1n) is 7.42. The fraction of sp³-hybridized carbons (Fsp3) is 0.438. The van der Waals surface area contributed by atoms with E-state index in [1.54, 1.807) is 12.4 Å². The molecule has 5 nitrogen and oxygen atoms in total. The van der Waals surface area contributed by atoms with E-state index in [2.05, 4.69) is 29.2 Å². The molecule has 0 radical (unpaired) electrons. The third-order valence-corrected chi connectivity index (χ3v) is 3.98. The highest BCUT2D eigenvalue weighted by Crippen LogP contribution is 2.28. The molecule has 0 aromatic carbocycles. The Kier molecular flexibility index (Phi) is 3.73. The number of anilines is 1. The van der Waals surface area contributed by atoms with Gasteiger partial charge in [0.25, 0.3) is 0 Å². The lowest BCUT2D eigenvalue weighted by Gasteiger charge is -2.23. The van der Waals surface area contributed by atoms with Crippen LogP contribution in [-0.4, -0.2) is 20.7 Å². The van der Waals surface area contributed by atoms with Crippen LogP contribution >= 0.6 is 0 Å². The predicted molar refractivity (Wildman–Crippen MR) is 81.2 cm³/mol. The summed E-state index contributed by atoms with van der Waals surface area (Å²) in [6, 6.07) is 3.93. The van der Waals surface area contributed by atoms with Crippen LogP contribution in [0.4, 0.5) is 5.69 Å². The van der Waals surface area contributed by atoms with Gasteiger partial charge < -0.3 is 5.32 Å². The smallest absolute Gasteiger partial charge is 0.233 e. The molecule has 0 spiro atoms. The number of carbonyl (C=O) groups is 1. The largest absolute Gasteiger partial charge is 0.324 e. The van der Waals surface area contributed by atoms with Crippen LogP contribution < -0.4 is 5.32 Å². The molecule has 1 aliphatic rings. The summed E-state index contributed by atoms with van der Waals surface area (Å²) >= 11 is 0. The Hall–Kier alpha value is -2.17. The number of aromatic nitrogens is 3. The van der Waals surface area contributed by atoms with E-state index >= 15 is 0 Å². The van der Waals surface area contributed by atoms with Gasteiger partial charge in [0.15, 0.2) is 0 Å². The van der Waals surface area contributed by atoms with Gasteiger partial charge in [0.2, 0.25) is 5.91 Å². The van der Waals surface area contributed by atoms with Crippen LogP contribution in [0.15, 0.2) is 30.7 Å². The Bertz CT molecular complexity index is 647. The number of amides is 1. The molecular weight excluding hydrogens is 264 g/mol. The monoisotopic (exact) mass is 284 g/mol. The predicted octanol–water partition coefficient (Wildman–Crippen LogP) is 2.92. The molecule has 2 aromatic rings. The molecular formula is C16H20N4O. The molecule has 0 aliphatic carbocycles. The van der Waals surface area contributed by atoms with Gasteiger partial charge in [-0.15, -0.1) is 0 Å². The first-order valence-corrected chi connectivity index (χ1v) is 7.42. The minimum absolute atomic E-state index is 0.0270. The quantitative estimate of drug-likeness (QED) is 0.942. The van der Waals surface area contributed by atoms with E-state index in [-0.39, 0.29) is 11.8 Å². The van der Waals surface area contributed by atoms with E-state index in [1.165, 1.54) is 0 Å². The maximum absolute atomic E-state index is 12.5. The highest BCUT2D eigenvalue weighted by Gasteiger charge is 2.27. The van der Waals surface area contributed by atoms with Gasteiger partial charge in [-0.2, -0.15) is 5.10 Å². The van der Waals surface area contributed by atoms with Crippen molar-refractivity contribution >= 4 is 11.6 Å². The standard InChI is InChI=1S/C16H20N4O/c1-11(2)12-8-13(10-17-9-12)19-16(21)14-4-3-7-20-15(14)5-6-18-20/h5-6,8-11,14H,3-4,7H2,1-2H3,(H,19,21). The Morgan fingerprint density at radius 3 is 3.10 bits per heavy atom. The summed E-state index contributed by atoms with van der Waals surface area (Å²) in [5, 5.41) is 7.25. The lowest BCUT2D eigenvalue weighted by atomic mass is 9.95. The van der Waals surface area contributed by atoms with E-state index in [4.69, 9.17) is 0 Å². The zero-order valence-electron chi connectivity index (χ0n) is 12.4.